The van der Waals surface area contributed by atoms with Gasteiger partial charge < -0.3 is 14.9 Å². The second-order valence-electron chi connectivity index (χ2n) is 6.83. The second-order valence-corrected chi connectivity index (χ2v) is 6.83. The Morgan fingerprint density at radius 1 is 1.11 bits per heavy atom. The van der Waals surface area contributed by atoms with Crippen molar-refractivity contribution in [1.29, 1.82) is 0 Å². The first-order valence-electron chi connectivity index (χ1n) is 8.96. The zero-order chi connectivity index (χ0) is 19.5. The molecule has 7 nitrogen and oxygen atoms in total. The minimum Gasteiger partial charge on any atom is -0.481 e. The van der Waals surface area contributed by atoms with Crippen molar-refractivity contribution < 1.29 is 19.2 Å². The van der Waals surface area contributed by atoms with Crippen molar-refractivity contribution in [3.8, 4) is 11.3 Å². The molecule has 1 aliphatic rings. The molecule has 4 rings (SSSR count). The summed E-state index contributed by atoms with van der Waals surface area (Å²) in [6.45, 7) is 1.74. The van der Waals surface area contributed by atoms with Crippen LogP contribution in [0.5, 0.6) is 0 Å². The van der Waals surface area contributed by atoms with Gasteiger partial charge in [0.05, 0.1) is 5.92 Å². The Morgan fingerprint density at radius 2 is 1.89 bits per heavy atom. The Balaban J connectivity index is 1.39. The standard InChI is InChI=1S/C21H19N3O4/c25-20(19-10-18(23-28-19)15-6-2-1-3-7-15)22-17-8-4-5-14(9-17)11-24-12-16(13-24)21(26)27/h1-10,16H,11-13H2,(H,22,25)(H,26,27). The van der Waals surface area contributed by atoms with Crippen molar-refractivity contribution >= 4 is 17.6 Å². The molecule has 3 aromatic rings. The second kappa shape index (κ2) is 7.66. The molecule has 0 radical (unpaired) electrons. The smallest absolute Gasteiger partial charge is 0.309 e. The van der Waals surface area contributed by atoms with Crippen LogP contribution in [0.1, 0.15) is 16.1 Å². The van der Waals surface area contributed by atoms with Gasteiger partial charge >= 0.3 is 5.97 Å². The van der Waals surface area contributed by atoms with Crippen LogP contribution in [0.2, 0.25) is 0 Å². The number of amides is 1. The number of carboxylic acid groups (broad SMARTS) is 1. The molecule has 0 saturated carbocycles. The van der Waals surface area contributed by atoms with Gasteiger partial charge in [0.1, 0.15) is 5.69 Å². The van der Waals surface area contributed by atoms with Gasteiger partial charge in [0, 0.05) is 37.0 Å². The SMILES string of the molecule is O=C(Nc1cccc(CN2CC(C(=O)O)C2)c1)c1cc(-c2ccccc2)no1. The number of hydrogen-bond donors (Lipinski definition) is 2. The first-order valence-corrected chi connectivity index (χ1v) is 8.96. The minimum absolute atomic E-state index is 0.135. The van der Waals surface area contributed by atoms with E-state index in [0.717, 1.165) is 11.1 Å². The average Bonchev–Trinajstić information content (AvgIpc) is 3.15. The van der Waals surface area contributed by atoms with E-state index < -0.39 is 5.97 Å². The monoisotopic (exact) mass is 377 g/mol. The van der Waals surface area contributed by atoms with Crippen molar-refractivity contribution in [2.24, 2.45) is 5.92 Å². The Bertz CT molecular complexity index is 994. The van der Waals surface area contributed by atoms with Gasteiger partial charge in [0.25, 0.3) is 5.91 Å². The summed E-state index contributed by atoms with van der Waals surface area (Å²) < 4.78 is 5.18. The topological polar surface area (TPSA) is 95.7 Å². The molecule has 28 heavy (non-hydrogen) atoms. The third-order valence-electron chi connectivity index (χ3n) is 4.70. The van der Waals surface area contributed by atoms with Gasteiger partial charge in [-0.15, -0.1) is 0 Å². The lowest BCUT2D eigenvalue weighted by Gasteiger charge is -2.36. The fourth-order valence-electron chi connectivity index (χ4n) is 3.18. The van der Waals surface area contributed by atoms with Gasteiger partial charge in [0.2, 0.25) is 5.76 Å². The predicted molar refractivity (Wildman–Crippen MR) is 103 cm³/mol. The molecule has 0 spiro atoms. The normalized spacial score (nSPS) is 14.4. The van der Waals surface area contributed by atoms with Gasteiger partial charge in [-0.25, -0.2) is 0 Å². The van der Waals surface area contributed by atoms with E-state index in [-0.39, 0.29) is 17.6 Å². The molecule has 0 aliphatic carbocycles. The van der Waals surface area contributed by atoms with Crippen LogP contribution < -0.4 is 5.32 Å². The maximum absolute atomic E-state index is 12.5. The number of carbonyl (C=O) groups excluding carboxylic acids is 1. The molecular weight excluding hydrogens is 358 g/mol. The summed E-state index contributed by atoms with van der Waals surface area (Å²) in [6, 6.07) is 18.6. The first kappa shape index (κ1) is 17.9. The summed E-state index contributed by atoms with van der Waals surface area (Å²) >= 11 is 0. The molecule has 0 unspecified atom stereocenters. The molecule has 2 aromatic carbocycles. The van der Waals surface area contributed by atoms with E-state index in [4.69, 9.17) is 9.63 Å². The Kier molecular flexibility index (Phi) is 4.90. The van der Waals surface area contributed by atoms with Crippen LogP contribution in [0.15, 0.2) is 65.2 Å². The molecule has 0 bridgehead atoms. The van der Waals surface area contributed by atoms with Gasteiger partial charge in [-0.3, -0.25) is 14.5 Å². The number of rotatable bonds is 6. The zero-order valence-corrected chi connectivity index (χ0v) is 15.0. The van der Waals surface area contributed by atoms with Gasteiger partial charge in [-0.2, -0.15) is 0 Å². The van der Waals surface area contributed by atoms with Crippen molar-refractivity contribution in [3.63, 3.8) is 0 Å². The van der Waals surface area contributed by atoms with Crippen LogP contribution in [-0.4, -0.2) is 40.1 Å². The number of nitrogens with zero attached hydrogens (tertiary/aromatic N) is 2. The molecule has 1 aromatic heterocycles. The maximum atomic E-state index is 12.5. The van der Waals surface area contributed by atoms with Crippen LogP contribution in [-0.2, 0) is 11.3 Å². The summed E-state index contributed by atoms with van der Waals surface area (Å²) in [6.07, 6.45) is 0. The van der Waals surface area contributed by atoms with Crippen molar-refractivity contribution in [3.05, 3.63) is 72.0 Å². The van der Waals surface area contributed by atoms with E-state index in [1.54, 1.807) is 12.1 Å². The molecule has 0 atom stereocenters. The quantitative estimate of drug-likeness (QED) is 0.685. The maximum Gasteiger partial charge on any atom is 0.309 e. The largest absolute Gasteiger partial charge is 0.481 e. The molecule has 142 valence electrons. The van der Waals surface area contributed by atoms with Crippen LogP contribution in [0.4, 0.5) is 5.69 Å². The summed E-state index contributed by atoms with van der Waals surface area (Å²) in [5.74, 6) is -1.27. The van der Waals surface area contributed by atoms with Crippen LogP contribution >= 0.6 is 0 Å². The Hall–Kier alpha value is -3.45. The summed E-state index contributed by atoms with van der Waals surface area (Å²) in [5.41, 5.74) is 3.13. The highest BCUT2D eigenvalue weighted by atomic mass is 16.5. The lowest BCUT2D eigenvalue weighted by atomic mass is 9.99. The number of likely N-dealkylation sites (tertiary alicyclic amines) is 1. The third-order valence-corrected chi connectivity index (χ3v) is 4.70. The van der Waals surface area contributed by atoms with E-state index >= 15 is 0 Å². The number of aromatic nitrogens is 1. The van der Waals surface area contributed by atoms with Crippen LogP contribution in [0.25, 0.3) is 11.3 Å². The van der Waals surface area contributed by atoms with E-state index in [1.807, 2.05) is 48.5 Å². The lowest BCUT2D eigenvalue weighted by molar-refractivity contribution is -0.147. The number of nitrogens with one attached hydrogen (secondary N) is 1. The van der Waals surface area contributed by atoms with E-state index in [9.17, 15) is 9.59 Å². The molecule has 2 heterocycles. The van der Waals surface area contributed by atoms with Crippen molar-refractivity contribution in [2.75, 3.05) is 18.4 Å². The van der Waals surface area contributed by atoms with Crippen molar-refractivity contribution in [2.45, 2.75) is 6.54 Å². The number of benzene rings is 2. The van der Waals surface area contributed by atoms with Crippen LogP contribution in [0.3, 0.4) is 0 Å². The molecular formula is C21H19N3O4. The first-order chi connectivity index (χ1) is 13.6. The summed E-state index contributed by atoms with van der Waals surface area (Å²) in [7, 11) is 0. The fraction of sp³-hybridized carbons (Fsp3) is 0.190. The fourth-order valence-corrected chi connectivity index (χ4v) is 3.18. The average molecular weight is 377 g/mol. The molecule has 1 aliphatic heterocycles. The Morgan fingerprint density at radius 3 is 2.64 bits per heavy atom. The van der Waals surface area contributed by atoms with Gasteiger partial charge in [0.15, 0.2) is 0 Å². The lowest BCUT2D eigenvalue weighted by Crippen LogP contribution is -2.49. The summed E-state index contributed by atoms with van der Waals surface area (Å²) in [5, 5.41) is 15.7. The van der Waals surface area contributed by atoms with E-state index in [1.165, 1.54) is 0 Å². The van der Waals surface area contributed by atoms with Gasteiger partial charge in [-0.05, 0) is 17.7 Å². The molecule has 7 heteroatoms. The van der Waals surface area contributed by atoms with Gasteiger partial charge in [-0.1, -0.05) is 47.6 Å². The third kappa shape index (κ3) is 3.94. The molecule has 1 saturated heterocycles. The Labute approximate surface area is 161 Å². The van der Waals surface area contributed by atoms with E-state index in [2.05, 4.69) is 15.4 Å². The van der Waals surface area contributed by atoms with E-state index in [0.29, 0.717) is 31.0 Å². The highest BCUT2D eigenvalue weighted by Crippen LogP contribution is 2.22. The predicted octanol–water partition coefficient (Wildman–Crippen LogP) is 3.11. The van der Waals surface area contributed by atoms with Crippen LogP contribution in [0, 0.1) is 5.92 Å². The summed E-state index contributed by atoms with van der Waals surface area (Å²) in [4.78, 5) is 25.4. The zero-order valence-electron chi connectivity index (χ0n) is 15.0. The highest BCUT2D eigenvalue weighted by Gasteiger charge is 2.32. The highest BCUT2D eigenvalue weighted by molar-refractivity contribution is 6.02. The number of aliphatic carboxylic acids is 1. The molecule has 1 amide bonds. The number of carbonyl (C=O) groups is 2. The number of anilines is 1. The number of carboxylic acids is 1. The minimum atomic E-state index is -0.751. The molecule has 1 fully saturated rings. The molecule has 2 N–H and O–H groups in total. The number of hydrogen-bond acceptors (Lipinski definition) is 5. The van der Waals surface area contributed by atoms with Crippen molar-refractivity contribution in [1.82, 2.24) is 10.1 Å².